The van der Waals surface area contributed by atoms with E-state index in [9.17, 15) is 17.2 Å². The second-order valence-corrected chi connectivity index (χ2v) is 6.42. The van der Waals surface area contributed by atoms with Gasteiger partial charge in [-0.3, -0.25) is 0 Å². The van der Waals surface area contributed by atoms with Crippen LogP contribution in [0.15, 0.2) is 23.1 Å². The minimum absolute atomic E-state index is 0.185. The van der Waals surface area contributed by atoms with Gasteiger partial charge >= 0.3 is 0 Å². The molecule has 108 valence electrons. The lowest BCUT2D eigenvalue weighted by molar-refractivity contribution is 0.240. The Morgan fingerprint density at radius 3 is 2.37 bits per heavy atom. The standard InChI is InChI=1S/C12H17F2NO3S/c1-8(2)5-9(7-16)15-19(17,18)10-3-4-11(13)12(14)6-10/h3-4,6,8-9,15-16H,5,7H2,1-2H3. The SMILES string of the molecule is CC(C)CC(CO)NS(=O)(=O)c1ccc(F)c(F)c1. The fraction of sp³-hybridized carbons (Fsp3) is 0.500. The van der Waals surface area contributed by atoms with Gasteiger partial charge in [0.2, 0.25) is 10.0 Å². The molecule has 1 atom stereocenters. The third-order valence-corrected chi connectivity index (χ3v) is 4.02. The minimum Gasteiger partial charge on any atom is -0.395 e. The lowest BCUT2D eigenvalue weighted by Crippen LogP contribution is -2.38. The Hall–Kier alpha value is -1.05. The summed E-state index contributed by atoms with van der Waals surface area (Å²) >= 11 is 0. The summed E-state index contributed by atoms with van der Waals surface area (Å²) in [5.74, 6) is -2.16. The summed E-state index contributed by atoms with van der Waals surface area (Å²) in [5.41, 5.74) is 0. The summed E-state index contributed by atoms with van der Waals surface area (Å²) in [6.07, 6.45) is 0.444. The van der Waals surface area contributed by atoms with E-state index in [-0.39, 0.29) is 17.4 Å². The van der Waals surface area contributed by atoms with E-state index in [1.807, 2.05) is 13.8 Å². The predicted molar refractivity (Wildman–Crippen MR) is 67.0 cm³/mol. The molecule has 0 saturated heterocycles. The Morgan fingerprint density at radius 1 is 1.26 bits per heavy atom. The zero-order chi connectivity index (χ0) is 14.6. The van der Waals surface area contributed by atoms with Crippen LogP contribution in [-0.4, -0.2) is 26.2 Å². The number of hydrogen-bond donors (Lipinski definition) is 2. The van der Waals surface area contributed by atoms with Crippen LogP contribution in [0.5, 0.6) is 0 Å². The van der Waals surface area contributed by atoms with Gasteiger partial charge in [0.15, 0.2) is 11.6 Å². The van der Waals surface area contributed by atoms with Gasteiger partial charge in [-0.1, -0.05) is 13.8 Å². The van der Waals surface area contributed by atoms with Crippen LogP contribution in [0.25, 0.3) is 0 Å². The van der Waals surface area contributed by atoms with Crippen molar-refractivity contribution >= 4 is 10.0 Å². The summed E-state index contributed by atoms with van der Waals surface area (Å²) in [6.45, 7) is 3.41. The number of nitrogens with one attached hydrogen (secondary N) is 1. The van der Waals surface area contributed by atoms with Gasteiger partial charge in [-0.15, -0.1) is 0 Å². The summed E-state index contributed by atoms with van der Waals surface area (Å²) in [5, 5.41) is 9.12. The van der Waals surface area contributed by atoms with E-state index in [1.54, 1.807) is 0 Å². The van der Waals surface area contributed by atoms with E-state index in [4.69, 9.17) is 5.11 Å². The van der Waals surface area contributed by atoms with Crippen molar-refractivity contribution in [2.75, 3.05) is 6.61 Å². The Bertz CT molecular complexity index is 532. The molecule has 1 unspecified atom stereocenters. The fourth-order valence-electron chi connectivity index (χ4n) is 1.66. The van der Waals surface area contributed by atoms with Gasteiger partial charge in [0.25, 0.3) is 0 Å². The van der Waals surface area contributed by atoms with Crippen LogP contribution < -0.4 is 4.72 Å². The van der Waals surface area contributed by atoms with E-state index >= 15 is 0 Å². The molecule has 0 fully saturated rings. The molecule has 1 aromatic carbocycles. The van der Waals surface area contributed by atoms with Crippen LogP contribution in [0.3, 0.4) is 0 Å². The van der Waals surface area contributed by atoms with Crippen LogP contribution in [0.2, 0.25) is 0 Å². The van der Waals surface area contributed by atoms with E-state index in [1.165, 1.54) is 0 Å². The van der Waals surface area contributed by atoms with E-state index in [0.29, 0.717) is 12.5 Å². The molecule has 0 saturated carbocycles. The molecule has 0 amide bonds. The zero-order valence-electron chi connectivity index (χ0n) is 10.7. The number of hydrogen-bond acceptors (Lipinski definition) is 3. The molecule has 1 rings (SSSR count). The first-order valence-electron chi connectivity index (χ1n) is 5.84. The van der Waals surface area contributed by atoms with Gasteiger partial charge in [0.1, 0.15) is 0 Å². The van der Waals surface area contributed by atoms with Gasteiger partial charge in [-0.25, -0.2) is 21.9 Å². The van der Waals surface area contributed by atoms with Crippen molar-refractivity contribution in [1.82, 2.24) is 4.72 Å². The first-order valence-corrected chi connectivity index (χ1v) is 7.33. The van der Waals surface area contributed by atoms with Crippen molar-refractivity contribution in [1.29, 1.82) is 0 Å². The average molecular weight is 293 g/mol. The Labute approximate surface area is 111 Å². The van der Waals surface area contributed by atoms with E-state index in [2.05, 4.69) is 4.72 Å². The van der Waals surface area contributed by atoms with E-state index < -0.39 is 27.7 Å². The molecule has 2 N–H and O–H groups in total. The number of aliphatic hydroxyl groups excluding tert-OH is 1. The normalized spacial score (nSPS) is 13.8. The highest BCUT2D eigenvalue weighted by Gasteiger charge is 2.21. The van der Waals surface area contributed by atoms with Gasteiger partial charge in [0, 0.05) is 6.04 Å². The largest absolute Gasteiger partial charge is 0.395 e. The highest BCUT2D eigenvalue weighted by atomic mass is 32.2. The molecule has 0 aliphatic carbocycles. The maximum Gasteiger partial charge on any atom is 0.241 e. The van der Waals surface area contributed by atoms with Crippen molar-refractivity contribution in [2.45, 2.75) is 31.2 Å². The minimum atomic E-state index is -3.97. The highest BCUT2D eigenvalue weighted by molar-refractivity contribution is 7.89. The van der Waals surface area contributed by atoms with Crippen LogP contribution in [0, 0.1) is 17.6 Å². The summed E-state index contributed by atoms with van der Waals surface area (Å²) < 4.78 is 51.9. The van der Waals surface area contributed by atoms with Crippen molar-refractivity contribution in [3.63, 3.8) is 0 Å². The third-order valence-electron chi connectivity index (χ3n) is 2.50. The number of halogens is 2. The quantitative estimate of drug-likeness (QED) is 0.838. The molecule has 0 aliphatic rings. The Balaban J connectivity index is 2.93. The summed E-state index contributed by atoms with van der Waals surface area (Å²) in [6, 6.07) is 1.69. The first kappa shape index (κ1) is 16.0. The molecule has 19 heavy (non-hydrogen) atoms. The van der Waals surface area contributed by atoms with Crippen LogP contribution >= 0.6 is 0 Å². The lowest BCUT2D eigenvalue weighted by atomic mass is 10.1. The van der Waals surface area contributed by atoms with Gasteiger partial charge in [0.05, 0.1) is 11.5 Å². The fourth-order valence-corrected chi connectivity index (χ4v) is 2.91. The first-order chi connectivity index (χ1) is 8.76. The second kappa shape index (κ2) is 6.40. The number of benzene rings is 1. The second-order valence-electron chi connectivity index (χ2n) is 4.71. The van der Waals surface area contributed by atoms with Crippen molar-refractivity contribution in [3.05, 3.63) is 29.8 Å². The summed E-state index contributed by atoms with van der Waals surface area (Å²) in [7, 11) is -3.97. The molecule has 0 heterocycles. The Morgan fingerprint density at radius 2 is 1.89 bits per heavy atom. The topological polar surface area (TPSA) is 66.4 Å². The number of aliphatic hydroxyl groups is 1. The van der Waals surface area contributed by atoms with Crippen LogP contribution in [0.4, 0.5) is 8.78 Å². The molecular formula is C12H17F2NO3S. The van der Waals surface area contributed by atoms with Gasteiger partial charge in [-0.05, 0) is 30.5 Å². The molecular weight excluding hydrogens is 276 g/mol. The monoisotopic (exact) mass is 293 g/mol. The van der Waals surface area contributed by atoms with Crippen LogP contribution in [-0.2, 0) is 10.0 Å². The maximum atomic E-state index is 13.0. The highest BCUT2D eigenvalue weighted by Crippen LogP contribution is 2.15. The third kappa shape index (κ3) is 4.52. The van der Waals surface area contributed by atoms with Gasteiger partial charge in [-0.2, -0.15) is 0 Å². The lowest BCUT2D eigenvalue weighted by Gasteiger charge is -2.18. The molecule has 0 spiro atoms. The van der Waals surface area contributed by atoms with E-state index in [0.717, 1.165) is 12.1 Å². The van der Waals surface area contributed by atoms with Crippen molar-refractivity contribution in [3.8, 4) is 0 Å². The molecule has 0 radical (unpaired) electrons. The smallest absolute Gasteiger partial charge is 0.241 e. The number of sulfonamides is 1. The number of rotatable bonds is 6. The average Bonchev–Trinajstić information content (AvgIpc) is 2.30. The summed E-state index contributed by atoms with van der Waals surface area (Å²) in [4.78, 5) is -0.367. The van der Waals surface area contributed by atoms with Gasteiger partial charge < -0.3 is 5.11 Å². The van der Waals surface area contributed by atoms with Crippen molar-refractivity contribution in [2.24, 2.45) is 5.92 Å². The predicted octanol–water partition coefficient (Wildman–Crippen LogP) is 1.65. The zero-order valence-corrected chi connectivity index (χ0v) is 11.5. The molecule has 0 aromatic heterocycles. The maximum absolute atomic E-state index is 13.0. The molecule has 0 aliphatic heterocycles. The Kier molecular flexibility index (Phi) is 5.39. The van der Waals surface area contributed by atoms with Crippen molar-refractivity contribution < 1.29 is 22.3 Å². The molecule has 1 aromatic rings. The molecule has 4 nitrogen and oxygen atoms in total. The molecule has 0 bridgehead atoms. The molecule has 7 heteroatoms. The van der Waals surface area contributed by atoms with Crippen LogP contribution in [0.1, 0.15) is 20.3 Å².